The SMILES string of the molecule is NCC#Cc1cccc(C(=O)N2Cc3ccccc3C2)c1. The number of hydrogen-bond donors (Lipinski definition) is 1. The van der Waals surface area contributed by atoms with E-state index in [9.17, 15) is 4.79 Å². The highest BCUT2D eigenvalue weighted by atomic mass is 16.2. The van der Waals surface area contributed by atoms with Gasteiger partial charge in [-0.3, -0.25) is 4.79 Å². The van der Waals surface area contributed by atoms with Gasteiger partial charge in [-0.25, -0.2) is 0 Å². The van der Waals surface area contributed by atoms with Crippen LogP contribution in [0, 0.1) is 11.8 Å². The van der Waals surface area contributed by atoms with E-state index in [1.165, 1.54) is 11.1 Å². The predicted molar refractivity (Wildman–Crippen MR) is 82.4 cm³/mol. The van der Waals surface area contributed by atoms with Gasteiger partial charge in [-0.1, -0.05) is 42.2 Å². The van der Waals surface area contributed by atoms with Crippen LogP contribution in [0.15, 0.2) is 48.5 Å². The van der Waals surface area contributed by atoms with Gasteiger partial charge in [-0.2, -0.15) is 0 Å². The molecule has 2 aromatic rings. The maximum Gasteiger partial charge on any atom is 0.254 e. The smallest absolute Gasteiger partial charge is 0.254 e. The minimum atomic E-state index is 0.0441. The van der Waals surface area contributed by atoms with Crippen LogP contribution in [0.4, 0.5) is 0 Å². The molecule has 0 bridgehead atoms. The summed E-state index contributed by atoms with van der Waals surface area (Å²) in [6.45, 7) is 1.67. The first-order valence-corrected chi connectivity index (χ1v) is 6.93. The third-order valence-corrected chi connectivity index (χ3v) is 3.57. The highest BCUT2D eigenvalue weighted by molar-refractivity contribution is 5.94. The highest BCUT2D eigenvalue weighted by Gasteiger charge is 2.23. The second-order valence-corrected chi connectivity index (χ2v) is 5.02. The zero-order chi connectivity index (χ0) is 14.7. The quantitative estimate of drug-likeness (QED) is 0.811. The van der Waals surface area contributed by atoms with E-state index in [4.69, 9.17) is 5.73 Å². The fourth-order valence-corrected chi connectivity index (χ4v) is 2.54. The molecule has 0 unspecified atom stereocenters. The van der Waals surface area contributed by atoms with E-state index in [0.717, 1.165) is 5.56 Å². The molecule has 0 atom stereocenters. The molecule has 1 aliphatic heterocycles. The average Bonchev–Trinajstić information content (AvgIpc) is 2.96. The van der Waals surface area contributed by atoms with Gasteiger partial charge in [-0.05, 0) is 29.3 Å². The van der Waals surface area contributed by atoms with Crippen molar-refractivity contribution < 1.29 is 4.79 Å². The first-order chi connectivity index (χ1) is 10.3. The van der Waals surface area contributed by atoms with Gasteiger partial charge in [0.2, 0.25) is 0 Å². The first-order valence-electron chi connectivity index (χ1n) is 6.93. The van der Waals surface area contributed by atoms with Crippen LogP contribution in [0.2, 0.25) is 0 Å². The van der Waals surface area contributed by atoms with Crippen LogP contribution in [0.25, 0.3) is 0 Å². The number of nitrogens with two attached hydrogens (primary N) is 1. The van der Waals surface area contributed by atoms with Crippen LogP contribution in [-0.2, 0) is 13.1 Å². The molecule has 0 fully saturated rings. The largest absolute Gasteiger partial charge is 0.330 e. The van der Waals surface area contributed by atoms with Crippen molar-refractivity contribution in [2.75, 3.05) is 6.54 Å². The maximum atomic E-state index is 12.6. The minimum Gasteiger partial charge on any atom is -0.330 e. The summed E-state index contributed by atoms with van der Waals surface area (Å²) >= 11 is 0. The van der Waals surface area contributed by atoms with Gasteiger partial charge in [0, 0.05) is 24.2 Å². The Hall–Kier alpha value is -2.57. The number of benzene rings is 2. The van der Waals surface area contributed by atoms with Gasteiger partial charge < -0.3 is 10.6 Å². The van der Waals surface area contributed by atoms with Gasteiger partial charge >= 0.3 is 0 Å². The van der Waals surface area contributed by atoms with Crippen molar-refractivity contribution >= 4 is 5.91 Å². The maximum absolute atomic E-state index is 12.6. The Morgan fingerprint density at radius 2 is 1.81 bits per heavy atom. The zero-order valence-electron chi connectivity index (χ0n) is 11.7. The summed E-state index contributed by atoms with van der Waals surface area (Å²) in [6.07, 6.45) is 0. The Bertz CT molecular complexity index is 715. The van der Waals surface area contributed by atoms with Crippen molar-refractivity contribution in [1.29, 1.82) is 0 Å². The summed E-state index contributed by atoms with van der Waals surface area (Å²) in [5.74, 6) is 5.81. The molecular formula is C18H16N2O. The summed E-state index contributed by atoms with van der Waals surface area (Å²) in [5, 5.41) is 0. The number of carbonyl (C=O) groups excluding carboxylic acids is 1. The monoisotopic (exact) mass is 276 g/mol. The van der Waals surface area contributed by atoms with E-state index in [2.05, 4.69) is 24.0 Å². The molecule has 0 aliphatic carbocycles. The van der Waals surface area contributed by atoms with E-state index in [-0.39, 0.29) is 5.91 Å². The Kier molecular flexibility index (Phi) is 3.72. The molecule has 3 heteroatoms. The number of rotatable bonds is 1. The summed E-state index contributed by atoms with van der Waals surface area (Å²) in [4.78, 5) is 14.5. The molecule has 0 saturated heterocycles. The Balaban J connectivity index is 1.81. The lowest BCUT2D eigenvalue weighted by Gasteiger charge is -2.15. The van der Waals surface area contributed by atoms with Gasteiger partial charge in [0.15, 0.2) is 0 Å². The Morgan fingerprint density at radius 3 is 2.48 bits per heavy atom. The molecule has 0 spiro atoms. The van der Waals surface area contributed by atoms with Crippen molar-refractivity contribution in [2.24, 2.45) is 5.73 Å². The highest BCUT2D eigenvalue weighted by Crippen LogP contribution is 2.24. The van der Waals surface area contributed by atoms with E-state index in [1.807, 2.05) is 41.3 Å². The van der Waals surface area contributed by atoms with Gasteiger partial charge in [0.25, 0.3) is 5.91 Å². The van der Waals surface area contributed by atoms with Crippen molar-refractivity contribution in [3.05, 3.63) is 70.8 Å². The van der Waals surface area contributed by atoms with Crippen molar-refractivity contribution in [2.45, 2.75) is 13.1 Å². The number of amides is 1. The van der Waals surface area contributed by atoms with Crippen molar-refractivity contribution in [1.82, 2.24) is 4.90 Å². The second-order valence-electron chi connectivity index (χ2n) is 5.02. The fraction of sp³-hybridized carbons (Fsp3) is 0.167. The summed E-state index contributed by atoms with van der Waals surface area (Å²) < 4.78 is 0. The van der Waals surface area contributed by atoms with Crippen LogP contribution >= 0.6 is 0 Å². The molecule has 104 valence electrons. The molecule has 2 aromatic carbocycles. The van der Waals surface area contributed by atoms with Gasteiger partial charge in [0.05, 0.1) is 6.54 Å². The van der Waals surface area contributed by atoms with Crippen LogP contribution in [0.5, 0.6) is 0 Å². The van der Waals surface area contributed by atoms with Gasteiger partial charge in [0.1, 0.15) is 0 Å². The molecule has 0 radical (unpaired) electrons. The lowest BCUT2D eigenvalue weighted by atomic mass is 10.1. The first kappa shape index (κ1) is 13.4. The van der Waals surface area contributed by atoms with E-state index in [1.54, 1.807) is 0 Å². The summed E-state index contributed by atoms with van der Waals surface area (Å²) in [7, 11) is 0. The summed E-state index contributed by atoms with van der Waals surface area (Å²) in [6, 6.07) is 15.6. The van der Waals surface area contributed by atoms with Crippen molar-refractivity contribution in [3.8, 4) is 11.8 Å². The molecule has 0 saturated carbocycles. The second kappa shape index (κ2) is 5.82. The van der Waals surface area contributed by atoms with Gasteiger partial charge in [-0.15, -0.1) is 0 Å². The Labute approximate surface area is 124 Å². The van der Waals surface area contributed by atoms with Crippen molar-refractivity contribution in [3.63, 3.8) is 0 Å². The zero-order valence-corrected chi connectivity index (χ0v) is 11.7. The normalized spacial score (nSPS) is 12.5. The Morgan fingerprint density at radius 1 is 1.10 bits per heavy atom. The minimum absolute atomic E-state index is 0.0441. The average molecular weight is 276 g/mol. The molecule has 1 heterocycles. The number of carbonyl (C=O) groups is 1. The van der Waals surface area contributed by atoms with E-state index < -0.39 is 0 Å². The van der Waals surface area contributed by atoms with E-state index in [0.29, 0.717) is 25.2 Å². The van der Waals surface area contributed by atoms with Crippen LogP contribution in [0.1, 0.15) is 27.0 Å². The molecule has 2 N–H and O–H groups in total. The molecular weight excluding hydrogens is 260 g/mol. The fourth-order valence-electron chi connectivity index (χ4n) is 2.54. The molecule has 21 heavy (non-hydrogen) atoms. The molecule has 3 rings (SSSR count). The summed E-state index contributed by atoms with van der Waals surface area (Å²) in [5.41, 5.74) is 9.32. The third-order valence-electron chi connectivity index (χ3n) is 3.57. The lowest BCUT2D eigenvalue weighted by Crippen LogP contribution is -2.25. The standard InChI is InChI=1S/C18H16N2O/c19-10-4-6-14-5-3-9-15(11-14)18(21)20-12-16-7-1-2-8-17(16)13-20/h1-3,5,7-9,11H,10,12-13,19H2. The molecule has 0 aromatic heterocycles. The number of nitrogens with zero attached hydrogens (tertiary/aromatic N) is 1. The topological polar surface area (TPSA) is 46.3 Å². The molecule has 3 nitrogen and oxygen atoms in total. The molecule has 1 amide bonds. The van der Waals surface area contributed by atoms with E-state index >= 15 is 0 Å². The van der Waals surface area contributed by atoms with Crippen LogP contribution < -0.4 is 5.73 Å². The third kappa shape index (κ3) is 2.81. The lowest BCUT2D eigenvalue weighted by molar-refractivity contribution is 0.0751. The van der Waals surface area contributed by atoms with Crippen LogP contribution in [-0.4, -0.2) is 17.4 Å². The number of fused-ring (bicyclic) bond motifs is 1. The number of hydrogen-bond acceptors (Lipinski definition) is 2. The predicted octanol–water partition coefficient (Wildman–Crippen LogP) is 2.15. The van der Waals surface area contributed by atoms with Crippen LogP contribution in [0.3, 0.4) is 0 Å². The molecule has 1 aliphatic rings.